The van der Waals surface area contributed by atoms with Gasteiger partial charge in [-0.1, -0.05) is 77.4 Å². The maximum absolute atomic E-state index is 12.2. The van der Waals surface area contributed by atoms with Gasteiger partial charge in [0.25, 0.3) is 0 Å². The molecule has 0 aromatic rings. The van der Waals surface area contributed by atoms with Crippen LogP contribution in [0.1, 0.15) is 90.9 Å². The zero-order chi connectivity index (χ0) is 18.1. The number of unbranched alkanes of at least 4 members (excludes halogenated alkanes) is 6. The number of carboxylic acids is 2. The van der Waals surface area contributed by atoms with Crippen molar-refractivity contribution in [1.82, 2.24) is 0 Å². The molecule has 2 atom stereocenters. The summed E-state index contributed by atoms with van der Waals surface area (Å²) in [5.41, 5.74) is -2.32. The Kier molecular flexibility index (Phi) is 8.51. The van der Waals surface area contributed by atoms with Crippen LogP contribution in [0.4, 0.5) is 0 Å². The third kappa shape index (κ3) is 4.40. The summed E-state index contributed by atoms with van der Waals surface area (Å²) in [6.45, 7) is 4.12. The van der Waals surface area contributed by atoms with Gasteiger partial charge in [0, 0.05) is 0 Å². The normalized spacial score (nSPS) is 26.4. The standard InChI is InChI=1S/C20H34O4/c1-3-5-6-7-8-9-10-14-20(18(23)24)16-12-11-15-19(20,13-4-2)17(21)22/h11-12H,3-10,13-16H2,1-2H3,(H,21,22)(H,23,24). The van der Waals surface area contributed by atoms with E-state index in [-0.39, 0.29) is 0 Å². The maximum Gasteiger partial charge on any atom is 0.311 e. The lowest BCUT2D eigenvalue weighted by atomic mass is 9.54. The van der Waals surface area contributed by atoms with Gasteiger partial charge in [-0.2, -0.15) is 0 Å². The van der Waals surface area contributed by atoms with Gasteiger partial charge in [-0.15, -0.1) is 0 Å². The molecular weight excluding hydrogens is 304 g/mol. The van der Waals surface area contributed by atoms with Crippen LogP contribution in [0.3, 0.4) is 0 Å². The van der Waals surface area contributed by atoms with Crippen LogP contribution in [0.2, 0.25) is 0 Å². The number of rotatable bonds is 12. The summed E-state index contributed by atoms with van der Waals surface area (Å²) in [4.78, 5) is 24.3. The van der Waals surface area contributed by atoms with Gasteiger partial charge in [0.15, 0.2) is 0 Å². The number of carboxylic acid groups (broad SMARTS) is 2. The van der Waals surface area contributed by atoms with Crippen molar-refractivity contribution in [3.63, 3.8) is 0 Å². The minimum absolute atomic E-state index is 0.332. The fourth-order valence-electron chi connectivity index (χ4n) is 4.25. The minimum Gasteiger partial charge on any atom is -0.481 e. The van der Waals surface area contributed by atoms with E-state index >= 15 is 0 Å². The maximum atomic E-state index is 12.2. The topological polar surface area (TPSA) is 74.6 Å². The van der Waals surface area contributed by atoms with Gasteiger partial charge in [-0.3, -0.25) is 9.59 Å². The monoisotopic (exact) mass is 338 g/mol. The van der Waals surface area contributed by atoms with Crippen LogP contribution in [-0.4, -0.2) is 22.2 Å². The predicted molar refractivity (Wildman–Crippen MR) is 96.0 cm³/mol. The van der Waals surface area contributed by atoms with Crippen LogP contribution in [0, 0.1) is 10.8 Å². The summed E-state index contributed by atoms with van der Waals surface area (Å²) in [5.74, 6) is -1.88. The van der Waals surface area contributed by atoms with Crippen molar-refractivity contribution in [3.05, 3.63) is 12.2 Å². The first-order chi connectivity index (χ1) is 11.5. The largest absolute Gasteiger partial charge is 0.481 e. The number of aliphatic carboxylic acids is 2. The van der Waals surface area contributed by atoms with E-state index < -0.39 is 22.8 Å². The Morgan fingerprint density at radius 1 is 0.750 bits per heavy atom. The predicted octanol–water partition coefficient (Wildman–Crippen LogP) is 5.42. The van der Waals surface area contributed by atoms with E-state index in [1.165, 1.54) is 25.7 Å². The molecule has 4 heteroatoms. The summed E-state index contributed by atoms with van der Waals surface area (Å²) < 4.78 is 0. The molecule has 0 aromatic heterocycles. The van der Waals surface area contributed by atoms with E-state index in [2.05, 4.69) is 6.92 Å². The molecule has 2 N–H and O–H groups in total. The Morgan fingerprint density at radius 3 is 1.67 bits per heavy atom. The number of hydrogen-bond donors (Lipinski definition) is 2. The summed E-state index contributed by atoms with van der Waals surface area (Å²) in [7, 11) is 0. The van der Waals surface area contributed by atoms with Crippen molar-refractivity contribution in [2.24, 2.45) is 10.8 Å². The second kappa shape index (κ2) is 9.85. The van der Waals surface area contributed by atoms with Gasteiger partial charge in [-0.25, -0.2) is 0 Å². The van der Waals surface area contributed by atoms with Gasteiger partial charge in [0.2, 0.25) is 0 Å². The van der Waals surface area contributed by atoms with E-state index in [9.17, 15) is 19.8 Å². The second-order valence-electron chi connectivity index (χ2n) is 7.28. The molecule has 0 heterocycles. The van der Waals surface area contributed by atoms with Crippen LogP contribution in [-0.2, 0) is 9.59 Å². The molecule has 0 radical (unpaired) electrons. The molecule has 138 valence electrons. The van der Waals surface area contributed by atoms with Gasteiger partial charge in [0.05, 0.1) is 10.8 Å². The van der Waals surface area contributed by atoms with Crippen molar-refractivity contribution in [1.29, 1.82) is 0 Å². The van der Waals surface area contributed by atoms with Crippen molar-refractivity contribution in [2.45, 2.75) is 90.9 Å². The van der Waals surface area contributed by atoms with E-state index in [1.807, 2.05) is 19.1 Å². The zero-order valence-electron chi connectivity index (χ0n) is 15.4. The SMILES string of the molecule is CCCCCCCCCC1(C(=O)O)CC=CCC1(CCC)C(=O)O. The summed E-state index contributed by atoms with van der Waals surface area (Å²) in [6, 6.07) is 0. The zero-order valence-corrected chi connectivity index (χ0v) is 15.4. The number of carbonyl (C=O) groups is 2. The van der Waals surface area contributed by atoms with E-state index in [4.69, 9.17) is 0 Å². The van der Waals surface area contributed by atoms with Crippen molar-refractivity contribution < 1.29 is 19.8 Å². The molecule has 0 bridgehead atoms. The van der Waals surface area contributed by atoms with Crippen LogP contribution in [0.25, 0.3) is 0 Å². The average Bonchev–Trinajstić information content (AvgIpc) is 2.55. The molecule has 0 saturated heterocycles. The van der Waals surface area contributed by atoms with Crippen LogP contribution in [0.5, 0.6) is 0 Å². The molecule has 0 saturated carbocycles. The lowest BCUT2D eigenvalue weighted by Gasteiger charge is -2.46. The van der Waals surface area contributed by atoms with E-state index in [0.29, 0.717) is 32.1 Å². The molecule has 24 heavy (non-hydrogen) atoms. The highest BCUT2D eigenvalue weighted by Gasteiger charge is 2.60. The smallest absolute Gasteiger partial charge is 0.311 e. The molecule has 0 aliphatic heterocycles. The second-order valence-corrected chi connectivity index (χ2v) is 7.28. The van der Waals surface area contributed by atoms with Crippen LogP contribution in [0.15, 0.2) is 12.2 Å². The van der Waals surface area contributed by atoms with Crippen molar-refractivity contribution >= 4 is 11.9 Å². The lowest BCUT2D eigenvalue weighted by Crippen LogP contribution is -2.53. The van der Waals surface area contributed by atoms with Gasteiger partial charge in [-0.05, 0) is 25.7 Å². The fraction of sp³-hybridized carbons (Fsp3) is 0.800. The first-order valence-electron chi connectivity index (χ1n) is 9.58. The molecule has 0 amide bonds. The average molecular weight is 338 g/mol. The van der Waals surface area contributed by atoms with E-state index in [1.54, 1.807) is 0 Å². The highest BCUT2D eigenvalue weighted by molar-refractivity contribution is 5.87. The number of hydrogen-bond acceptors (Lipinski definition) is 2. The molecule has 1 aliphatic carbocycles. The Bertz CT molecular complexity index is 443. The first kappa shape index (κ1) is 20.7. The third-order valence-electron chi connectivity index (χ3n) is 5.72. The molecule has 1 rings (SSSR count). The molecular formula is C20H34O4. The number of allylic oxidation sites excluding steroid dienone is 2. The Morgan fingerprint density at radius 2 is 1.21 bits per heavy atom. The van der Waals surface area contributed by atoms with Crippen molar-refractivity contribution in [3.8, 4) is 0 Å². The Hall–Kier alpha value is -1.32. The molecule has 0 fully saturated rings. The van der Waals surface area contributed by atoms with Gasteiger partial charge in [0.1, 0.15) is 0 Å². The van der Waals surface area contributed by atoms with E-state index in [0.717, 1.165) is 19.3 Å². The minimum atomic E-state index is -1.16. The quantitative estimate of drug-likeness (QED) is 0.368. The van der Waals surface area contributed by atoms with Crippen molar-refractivity contribution in [2.75, 3.05) is 0 Å². The fourth-order valence-corrected chi connectivity index (χ4v) is 4.25. The lowest BCUT2D eigenvalue weighted by molar-refractivity contribution is -0.177. The van der Waals surface area contributed by atoms with Crippen LogP contribution >= 0.6 is 0 Å². The van der Waals surface area contributed by atoms with Gasteiger partial charge >= 0.3 is 11.9 Å². The summed E-state index contributed by atoms with van der Waals surface area (Å²) >= 11 is 0. The molecule has 4 nitrogen and oxygen atoms in total. The highest BCUT2D eigenvalue weighted by Crippen LogP contribution is 2.54. The Balaban J connectivity index is 2.82. The molecule has 0 spiro atoms. The first-order valence-corrected chi connectivity index (χ1v) is 9.58. The highest BCUT2D eigenvalue weighted by atomic mass is 16.4. The third-order valence-corrected chi connectivity index (χ3v) is 5.72. The molecule has 1 aliphatic rings. The summed E-state index contributed by atoms with van der Waals surface area (Å²) in [6.07, 6.45) is 13.8. The molecule has 2 unspecified atom stereocenters. The Labute approximate surface area is 146 Å². The van der Waals surface area contributed by atoms with Crippen LogP contribution < -0.4 is 0 Å². The van der Waals surface area contributed by atoms with Gasteiger partial charge < -0.3 is 10.2 Å². The molecule has 0 aromatic carbocycles. The summed E-state index contributed by atoms with van der Waals surface area (Å²) in [5, 5.41) is 19.9.